The molecule has 0 unspecified atom stereocenters. The third-order valence-corrected chi connectivity index (χ3v) is 3.67. The van der Waals surface area contributed by atoms with Crippen molar-refractivity contribution in [2.45, 2.75) is 18.6 Å². The standard InChI is InChI=1S/C9H16N2O2S/c12-7-5-8(10-6-7)9(13)11-1-3-14-4-2-11/h7-8,10,12H,1-6H2/t7-,8-/m1/s1. The first-order chi connectivity index (χ1) is 6.77. The van der Waals surface area contributed by atoms with E-state index in [0.29, 0.717) is 13.0 Å². The summed E-state index contributed by atoms with van der Waals surface area (Å²) in [6.45, 7) is 2.27. The van der Waals surface area contributed by atoms with E-state index >= 15 is 0 Å². The van der Waals surface area contributed by atoms with Crippen molar-refractivity contribution < 1.29 is 9.90 Å². The van der Waals surface area contributed by atoms with E-state index in [1.165, 1.54) is 0 Å². The molecule has 2 atom stereocenters. The van der Waals surface area contributed by atoms with Crippen molar-refractivity contribution in [2.75, 3.05) is 31.1 Å². The van der Waals surface area contributed by atoms with Gasteiger partial charge in [0.05, 0.1) is 12.1 Å². The molecule has 2 rings (SSSR count). The summed E-state index contributed by atoms with van der Waals surface area (Å²) in [6, 6.07) is -0.145. The normalized spacial score (nSPS) is 33.4. The molecule has 80 valence electrons. The quantitative estimate of drug-likeness (QED) is 0.608. The highest BCUT2D eigenvalue weighted by atomic mass is 32.2. The molecule has 0 aliphatic carbocycles. The number of nitrogens with one attached hydrogen (secondary N) is 1. The van der Waals surface area contributed by atoms with Crippen molar-refractivity contribution in [2.24, 2.45) is 0 Å². The van der Waals surface area contributed by atoms with E-state index in [1.54, 1.807) is 0 Å². The zero-order valence-electron chi connectivity index (χ0n) is 8.11. The fraction of sp³-hybridized carbons (Fsp3) is 0.889. The van der Waals surface area contributed by atoms with Crippen LogP contribution in [-0.4, -0.2) is 59.2 Å². The average molecular weight is 216 g/mol. The van der Waals surface area contributed by atoms with E-state index in [4.69, 9.17) is 0 Å². The summed E-state index contributed by atoms with van der Waals surface area (Å²) in [5.74, 6) is 2.25. The topological polar surface area (TPSA) is 52.6 Å². The van der Waals surface area contributed by atoms with Crippen LogP contribution in [0.1, 0.15) is 6.42 Å². The summed E-state index contributed by atoms with van der Waals surface area (Å²) in [6.07, 6.45) is 0.228. The van der Waals surface area contributed by atoms with Gasteiger partial charge in [-0.1, -0.05) is 0 Å². The zero-order chi connectivity index (χ0) is 9.97. The van der Waals surface area contributed by atoms with Crippen LogP contribution in [0.2, 0.25) is 0 Å². The van der Waals surface area contributed by atoms with Crippen LogP contribution in [0, 0.1) is 0 Å². The Hall–Kier alpha value is -0.260. The van der Waals surface area contributed by atoms with E-state index in [1.807, 2.05) is 16.7 Å². The number of carbonyl (C=O) groups is 1. The van der Waals surface area contributed by atoms with Crippen molar-refractivity contribution in [1.29, 1.82) is 0 Å². The van der Waals surface area contributed by atoms with Crippen LogP contribution in [-0.2, 0) is 4.79 Å². The maximum absolute atomic E-state index is 11.9. The molecule has 2 heterocycles. The molecule has 0 bridgehead atoms. The number of hydrogen-bond donors (Lipinski definition) is 2. The maximum atomic E-state index is 11.9. The third-order valence-electron chi connectivity index (χ3n) is 2.73. The Kier molecular flexibility index (Phi) is 3.30. The summed E-state index contributed by atoms with van der Waals surface area (Å²) in [7, 11) is 0. The monoisotopic (exact) mass is 216 g/mol. The van der Waals surface area contributed by atoms with Gasteiger partial charge >= 0.3 is 0 Å². The highest BCUT2D eigenvalue weighted by Crippen LogP contribution is 2.14. The van der Waals surface area contributed by atoms with Crippen molar-refractivity contribution >= 4 is 17.7 Å². The first-order valence-corrected chi connectivity index (χ1v) is 6.21. The van der Waals surface area contributed by atoms with Gasteiger partial charge in [0, 0.05) is 31.1 Å². The molecule has 2 fully saturated rings. The van der Waals surface area contributed by atoms with E-state index in [-0.39, 0.29) is 18.1 Å². The van der Waals surface area contributed by atoms with Gasteiger partial charge in [-0.15, -0.1) is 0 Å². The molecule has 0 saturated carbocycles. The van der Waals surface area contributed by atoms with E-state index in [0.717, 1.165) is 24.6 Å². The molecular weight excluding hydrogens is 200 g/mol. The number of aliphatic hydroxyl groups is 1. The van der Waals surface area contributed by atoms with Crippen LogP contribution in [0.5, 0.6) is 0 Å². The van der Waals surface area contributed by atoms with E-state index < -0.39 is 0 Å². The summed E-state index contributed by atoms with van der Waals surface area (Å²) in [4.78, 5) is 13.8. The van der Waals surface area contributed by atoms with Crippen LogP contribution in [0.3, 0.4) is 0 Å². The second kappa shape index (κ2) is 4.51. The van der Waals surface area contributed by atoms with E-state index in [9.17, 15) is 9.90 Å². The Balaban J connectivity index is 1.87. The van der Waals surface area contributed by atoms with Gasteiger partial charge in [0.1, 0.15) is 0 Å². The summed E-state index contributed by atoms with van der Waals surface area (Å²) >= 11 is 1.90. The molecule has 0 spiro atoms. The fourth-order valence-electron chi connectivity index (χ4n) is 1.91. The number of hydrogen-bond acceptors (Lipinski definition) is 4. The number of carbonyl (C=O) groups excluding carboxylic acids is 1. The van der Waals surface area contributed by atoms with Gasteiger partial charge in [-0.05, 0) is 6.42 Å². The minimum atomic E-state index is -0.344. The lowest BCUT2D eigenvalue weighted by Crippen LogP contribution is -2.46. The molecule has 14 heavy (non-hydrogen) atoms. The molecule has 2 aliphatic heterocycles. The number of aliphatic hydroxyl groups excluding tert-OH is 1. The highest BCUT2D eigenvalue weighted by molar-refractivity contribution is 7.99. The Labute approximate surface area is 88.0 Å². The lowest BCUT2D eigenvalue weighted by Gasteiger charge is -2.28. The predicted octanol–water partition coefficient (Wildman–Crippen LogP) is -0.715. The molecule has 2 saturated heterocycles. The van der Waals surface area contributed by atoms with Gasteiger partial charge in [-0.3, -0.25) is 4.79 Å². The molecular formula is C9H16N2O2S. The lowest BCUT2D eigenvalue weighted by atomic mass is 10.2. The zero-order valence-corrected chi connectivity index (χ0v) is 8.92. The second-order valence-electron chi connectivity index (χ2n) is 3.79. The molecule has 0 aromatic carbocycles. The molecule has 0 aromatic rings. The summed E-state index contributed by atoms with van der Waals surface area (Å²) in [5.41, 5.74) is 0. The largest absolute Gasteiger partial charge is 0.392 e. The number of amides is 1. The minimum absolute atomic E-state index is 0.145. The fourth-order valence-corrected chi connectivity index (χ4v) is 2.81. The van der Waals surface area contributed by atoms with Gasteiger partial charge in [-0.25, -0.2) is 0 Å². The van der Waals surface area contributed by atoms with Gasteiger partial charge in [0.15, 0.2) is 0 Å². The Morgan fingerprint density at radius 3 is 2.71 bits per heavy atom. The van der Waals surface area contributed by atoms with Gasteiger partial charge in [0.2, 0.25) is 5.91 Å². The van der Waals surface area contributed by atoms with Crippen molar-refractivity contribution in [3.63, 3.8) is 0 Å². The molecule has 2 aliphatic rings. The van der Waals surface area contributed by atoms with Crippen molar-refractivity contribution in [1.82, 2.24) is 10.2 Å². The maximum Gasteiger partial charge on any atom is 0.239 e. The van der Waals surface area contributed by atoms with Gasteiger partial charge < -0.3 is 15.3 Å². The Morgan fingerprint density at radius 2 is 2.14 bits per heavy atom. The Morgan fingerprint density at radius 1 is 1.43 bits per heavy atom. The number of nitrogens with zero attached hydrogens (tertiary/aromatic N) is 1. The van der Waals surface area contributed by atoms with Crippen LogP contribution in [0.15, 0.2) is 0 Å². The third kappa shape index (κ3) is 2.21. The molecule has 0 aromatic heterocycles. The first kappa shape index (κ1) is 10.3. The SMILES string of the molecule is O=C([C@H]1C[C@@H](O)CN1)N1CCSCC1. The number of rotatable bonds is 1. The summed E-state index contributed by atoms with van der Waals surface area (Å²) in [5, 5.41) is 12.4. The predicted molar refractivity (Wildman–Crippen MR) is 56.3 cm³/mol. The Bertz CT molecular complexity index is 212. The molecule has 4 nitrogen and oxygen atoms in total. The molecule has 1 amide bonds. The van der Waals surface area contributed by atoms with Gasteiger partial charge in [0.25, 0.3) is 0 Å². The second-order valence-corrected chi connectivity index (χ2v) is 5.01. The highest BCUT2D eigenvalue weighted by Gasteiger charge is 2.31. The van der Waals surface area contributed by atoms with Crippen molar-refractivity contribution in [3.8, 4) is 0 Å². The van der Waals surface area contributed by atoms with Crippen LogP contribution in [0.25, 0.3) is 0 Å². The van der Waals surface area contributed by atoms with Crippen LogP contribution in [0.4, 0.5) is 0 Å². The van der Waals surface area contributed by atoms with Crippen molar-refractivity contribution in [3.05, 3.63) is 0 Å². The van der Waals surface area contributed by atoms with Crippen LogP contribution >= 0.6 is 11.8 Å². The minimum Gasteiger partial charge on any atom is -0.392 e. The smallest absolute Gasteiger partial charge is 0.239 e. The molecule has 2 N–H and O–H groups in total. The molecule has 0 radical (unpaired) electrons. The lowest BCUT2D eigenvalue weighted by molar-refractivity contribution is -0.132. The van der Waals surface area contributed by atoms with Crippen LogP contribution < -0.4 is 5.32 Å². The number of thioether (sulfide) groups is 1. The first-order valence-electron chi connectivity index (χ1n) is 5.05. The summed E-state index contributed by atoms with van der Waals surface area (Å²) < 4.78 is 0. The number of β-amino-alcohol motifs (C(OH)–C–C–N with tert-alkyl or cyclic N) is 1. The van der Waals surface area contributed by atoms with Gasteiger partial charge in [-0.2, -0.15) is 11.8 Å². The molecule has 5 heteroatoms. The average Bonchev–Trinajstić information content (AvgIpc) is 2.65. The van der Waals surface area contributed by atoms with E-state index in [2.05, 4.69) is 5.32 Å².